The lowest BCUT2D eigenvalue weighted by Gasteiger charge is -2.10. The predicted molar refractivity (Wildman–Crippen MR) is 132 cm³/mol. The molecular weight excluding hydrogens is 432 g/mol. The number of nitrogens with one attached hydrogen (secondary N) is 1. The van der Waals surface area contributed by atoms with Crippen LogP contribution in [0.2, 0.25) is 0 Å². The van der Waals surface area contributed by atoms with Gasteiger partial charge in [-0.15, -0.1) is 10.2 Å². The fourth-order valence-corrected chi connectivity index (χ4v) is 4.33. The van der Waals surface area contributed by atoms with E-state index >= 15 is 0 Å². The molecule has 166 valence electrons. The van der Waals surface area contributed by atoms with Crippen LogP contribution >= 0.6 is 11.8 Å². The second kappa shape index (κ2) is 10.2. The topological polar surface area (TPSA) is 85.1 Å². The minimum absolute atomic E-state index is 0.157. The number of benzene rings is 2. The van der Waals surface area contributed by atoms with Gasteiger partial charge in [-0.05, 0) is 56.2 Å². The van der Waals surface area contributed by atoms with Gasteiger partial charge in [-0.2, -0.15) is 5.10 Å². The van der Waals surface area contributed by atoms with Gasteiger partial charge in [0.25, 0.3) is 5.91 Å². The molecule has 0 fully saturated rings. The highest BCUT2D eigenvalue weighted by Gasteiger charge is 2.17. The van der Waals surface area contributed by atoms with Crippen LogP contribution in [0.3, 0.4) is 0 Å². The highest BCUT2D eigenvalue weighted by molar-refractivity contribution is 7.99. The summed E-state index contributed by atoms with van der Waals surface area (Å²) in [4.78, 5) is 16.5. The zero-order valence-electron chi connectivity index (χ0n) is 18.7. The summed E-state index contributed by atoms with van der Waals surface area (Å²) >= 11 is 1.31. The van der Waals surface area contributed by atoms with Crippen LogP contribution in [0, 0.1) is 20.8 Å². The summed E-state index contributed by atoms with van der Waals surface area (Å²) < 4.78 is 1.94. The van der Waals surface area contributed by atoms with Gasteiger partial charge in [-0.3, -0.25) is 14.3 Å². The van der Waals surface area contributed by atoms with E-state index < -0.39 is 0 Å². The molecule has 2 heterocycles. The number of nitrogens with zero attached hydrogens (tertiary/aromatic N) is 5. The standard InChI is InChI=1S/C25H24N6OS/c1-17-13-18(2)22(19(3)14-17)15-27-28-23(32)16-33-25-30-29-24(20-9-11-26-12-10-20)31(25)21-7-5-4-6-8-21/h4-15H,16H2,1-3H3,(H,28,32)/b27-15-. The molecule has 0 unspecified atom stereocenters. The number of hydrogen-bond acceptors (Lipinski definition) is 6. The maximum absolute atomic E-state index is 12.4. The Labute approximate surface area is 197 Å². The van der Waals surface area contributed by atoms with Gasteiger partial charge in [0.05, 0.1) is 12.0 Å². The van der Waals surface area contributed by atoms with Crippen LogP contribution in [0.4, 0.5) is 0 Å². The number of aryl methyl sites for hydroxylation is 3. The second-order valence-electron chi connectivity index (χ2n) is 7.61. The Morgan fingerprint density at radius 1 is 1.03 bits per heavy atom. The smallest absolute Gasteiger partial charge is 0.250 e. The molecule has 0 spiro atoms. The summed E-state index contributed by atoms with van der Waals surface area (Å²) in [5.74, 6) is 0.631. The van der Waals surface area contributed by atoms with Crippen LogP contribution in [0.1, 0.15) is 22.3 Å². The largest absolute Gasteiger partial charge is 0.272 e. The van der Waals surface area contributed by atoms with E-state index in [1.807, 2.05) is 60.9 Å². The Kier molecular flexibility index (Phi) is 6.95. The van der Waals surface area contributed by atoms with Crippen LogP contribution in [0.25, 0.3) is 17.1 Å². The lowest BCUT2D eigenvalue weighted by atomic mass is 10.0. The van der Waals surface area contributed by atoms with Gasteiger partial charge >= 0.3 is 0 Å². The molecule has 0 saturated heterocycles. The summed E-state index contributed by atoms with van der Waals surface area (Å²) in [6.07, 6.45) is 5.13. The van der Waals surface area contributed by atoms with E-state index in [4.69, 9.17) is 0 Å². The average Bonchev–Trinajstić information content (AvgIpc) is 3.24. The predicted octanol–water partition coefficient (Wildman–Crippen LogP) is 4.50. The number of pyridine rings is 1. The van der Waals surface area contributed by atoms with Crippen molar-refractivity contribution in [2.75, 3.05) is 5.75 Å². The number of carbonyl (C=O) groups excluding carboxylic acids is 1. The molecule has 0 saturated carbocycles. The lowest BCUT2D eigenvalue weighted by molar-refractivity contribution is -0.118. The van der Waals surface area contributed by atoms with Crippen LogP contribution in [-0.2, 0) is 4.79 Å². The van der Waals surface area contributed by atoms with E-state index in [1.54, 1.807) is 18.6 Å². The third-order valence-corrected chi connectivity index (χ3v) is 5.97. The monoisotopic (exact) mass is 456 g/mol. The Balaban J connectivity index is 1.48. The van der Waals surface area contributed by atoms with Crippen molar-refractivity contribution in [2.24, 2.45) is 5.10 Å². The molecule has 1 N–H and O–H groups in total. The molecule has 7 nitrogen and oxygen atoms in total. The van der Waals surface area contributed by atoms with Gasteiger partial charge < -0.3 is 0 Å². The highest BCUT2D eigenvalue weighted by atomic mass is 32.2. The Morgan fingerprint density at radius 2 is 1.73 bits per heavy atom. The number of hydrogen-bond donors (Lipinski definition) is 1. The number of rotatable bonds is 7. The van der Waals surface area contributed by atoms with Crippen LogP contribution < -0.4 is 5.43 Å². The number of hydrazone groups is 1. The first-order chi connectivity index (χ1) is 16.0. The van der Waals surface area contributed by atoms with Gasteiger partial charge in [-0.1, -0.05) is 47.7 Å². The molecule has 0 bridgehead atoms. The first kappa shape index (κ1) is 22.4. The van der Waals surface area contributed by atoms with E-state index in [2.05, 4.69) is 44.8 Å². The van der Waals surface area contributed by atoms with E-state index in [1.165, 1.54) is 17.3 Å². The summed E-state index contributed by atoms with van der Waals surface area (Å²) in [5.41, 5.74) is 8.89. The lowest BCUT2D eigenvalue weighted by Crippen LogP contribution is -2.20. The number of aromatic nitrogens is 4. The van der Waals surface area contributed by atoms with Gasteiger partial charge in [0.2, 0.25) is 0 Å². The summed E-state index contributed by atoms with van der Waals surface area (Å²) in [7, 11) is 0. The van der Waals surface area contributed by atoms with Crippen LogP contribution in [0.15, 0.2) is 77.2 Å². The zero-order valence-corrected chi connectivity index (χ0v) is 19.5. The highest BCUT2D eigenvalue weighted by Crippen LogP contribution is 2.27. The van der Waals surface area contributed by atoms with E-state index in [9.17, 15) is 4.79 Å². The van der Waals surface area contributed by atoms with Crippen LogP contribution in [0.5, 0.6) is 0 Å². The molecule has 4 rings (SSSR count). The minimum Gasteiger partial charge on any atom is -0.272 e. The zero-order chi connectivity index (χ0) is 23.2. The first-order valence-electron chi connectivity index (χ1n) is 10.5. The number of thioether (sulfide) groups is 1. The molecule has 2 aromatic heterocycles. The van der Waals surface area contributed by atoms with Crippen LogP contribution in [-0.4, -0.2) is 37.6 Å². The van der Waals surface area contributed by atoms with Gasteiger partial charge in [0.1, 0.15) is 0 Å². The summed E-state index contributed by atoms with van der Waals surface area (Å²) in [6.45, 7) is 6.14. The van der Waals surface area contributed by atoms with Crippen molar-refractivity contribution in [2.45, 2.75) is 25.9 Å². The molecule has 0 aliphatic carbocycles. The Morgan fingerprint density at radius 3 is 2.42 bits per heavy atom. The maximum Gasteiger partial charge on any atom is 0.250 e. The van der Waals surface area contributed by atoms with Gasteiger partial charge in [0, 0.05) is 29.2 Å². The number of para-hydroxylation sites is 1. The Bertz CT molecular complexity index is 1260. The van der Waals surface area contributed by atoms with E-state index in [0.717, 1.165) is 27.9 Å². The number of amides is 1. The molecule has 0 radical (unpaired) electrons. The third kappa shape index (κ3) is 5.35. The fourth-order valence-electron chi connectivity index (χ4n) is 3.59. The average molecular weight is 457 g/mol. The van der Waals surface area contributed by atoms with Crippen molar-refractivity contribution < 1.29 is 4.79 Å². The normalized spacial score (nSPS) is 11.1. The molecule has 0 atom stereocenters. The third-order valence-electron chi connectivity index (χ3n) is 5.04. The van der Waals surface area contributed by atoms with Gasteiger partial charge in [0.15, 0.2) is 11.0 Å². The molecular formula is C25H24N6OS. The van der Waals surface area contributed by atoms with Crippen molar-refractivity contribution in [3.8, 4) is 17.1 Å². The fraction of sp³-hybridized carbons (Fsp3) is 0.160. The molecule has 2 aromatic carbocycles. The summed E-state index contributed by atoms with van der Waals surface area (Å²) in [6, 6.07) is 17.8. The molecule has 0 aliphatic rings. The Hall–Kier alpha value is -3.78. The molecule has 8 heteroatoms. The SMILES string of the molecule is Cc1cc(C)c(/C=N\NC(=O)CSc2nnc(-c3ccncc3)n2-c2ccccc2)c(C)c1. The molecule has 0 aliphatic heterocycles. The van der Waals surface area contributed by atoms with Crippen molar-refractivity contribution in [3.63, 3.8) is 0 Å². The number of carbonyl (C=O) groups is 1. The van der Waals surface area contributed by atoms with Crippen molar-refractivity contribution in [1.29, 1.82) is 0 Å². The molecule has 4 aromatic rings. The second-order valence-corrected chi connectivity index (χ2v) is 8.55. The van der Waals surface area contributed by atoms with Gasteiger partial charge in [-0.25, -0.2) is 5.43 Å². The van der Waals surface area contributed by atoms with Crippen molar-refractivity contribution in [3.05, 3.63) is 89.2 Å². The maximum atomic E-state index is 12.4. The molecule has 1 amide bonds. The van der Waals surface area contributed by atoms with E-state index in [-0.39, 0.29) is 11.7 Å². The first-order valence-corrected chi connectivity index (χ1v) is 11.5. The minimum atomic E-state index is -0.216. The quantitative estimate of drug-likeness (QED) is 0.251. The van der Waals surface area contributed by atoms with Crippen molar-refractivity contribution in [1.82, 2.24) is 25.2 Å². The molecule has 33 heavy (non-hydrogen) atoms. The summed E-state index contributed by atoms with van der Waals surface area (Å²) in [5, 5.41) is 13.5. The van der Waals surface area contributed by atoms with Crippen molar-refractivity contribution >= 4 is 23.9 Å². The van der Waals surface area contributed by atoms with E-state index in [0.29, 0.717) is 11.0 Å².